The largest absolute Gasteiger partial charge is 0.291 e. The smallest absolute Gasteiger partial charge is 0.199 e. The summed E-state index contributed by atoms with van der Waals surface area (Å²) >= 11 is 12.4. The molecule has 0 aliphatic heterocycles. The predicted molar refractivity (Wildman–Crippen MR) is 75.9 cm³/mol. The quantitative estimate of drug-likeness (QED) is 0.552. The summed E-state index contributed by atoms with van der Waals surface area (Å²) in [4.78, 5) is 12.2. The molecule has 1 aliphatic rings. The normalized spacial score (nSPS) is 23.4. The highest BCUT2D eigenvalue weighted by molar-refractivity contribution is 6.78. The number of halogens is 2. The van der Waals surface area contributed by atoms with Crippen LogP contribution in [0.4, 0.5) is 0 Å². The van der Waals surface area contributed by atoms with Crippen molar-refractivity contribution in [2.24, 2.45) is 0 Å². The lowest BCUT2D eigenvalue weighted by Gasteiger charge is -2.38. The molecule has 92 valence electrons. The average molecular weight is 287 g/mol. The fourth-order valence-corrected chi connectivity index (χ4v) is 5.31. The van der Waals surface area contributed by atoms with E-state index < -0.39 is 12.4 Å². The van der Waals surface area contributed by atoms with Gasteiger partial charge < -0.3 is 0 Å². The van der Waals surface area contributed by atoms with Gasteiger partial charge in [-0.25, -0.2) is 0 Å². The van der Waals surface area contributed by atoms with Gasteiger partial charge in [0.1, 0.15) is 0 Å². The summed E-state index contributed by atoms with van der Waals surface area (Å²) in [5, 5.41) is 0. The molecule has 1 aromatic carbocycles. The van der Waals surface area contributed by atoms with Crippen LogP contribution in [0.1, 0.15) is 27.9 Å². The lowest BCUT2D eigenvalue weighted by Crippen LogP contribution is -2.43. The number of Topliss-reactive ketones (excluding diaryl/α,β-unsaturated/α-hetero) is 1. The number of rotatable bonds is 1. The Morgan fingerprint density at radius 2 is 1.82 bits per heavy atom. The third-order valence-corrected chi connectivity index (χ3v) is 6.68. The Balaban J connectivity index is 2.60. The molecule has 0 amide bonds. The SMILES string of the molecule is C[Si](C)(C)C1CC(Cl)(Cl)C(=O)c2ccccc21. The van der Waals surface area contributed by atoms with Gasteiger partial charge in [0.25, 0.3) is 0 Å². The van der Waals surface area contributed by atoms with E-state index in [1.54, 1.807) is 0 Å². The molecule has 0 saturated carbocycles. The van der Waals surface area contributed by atoms with Crippen LogP contribution in [0.15, 0.2) is 24.3 Å². The molecule has 1 unspecified atom stereocenters. The second-order valence-corrected chi connectivity index (χ2v) is 12.7. The second-order valence-electron chi connectivity index (χ2n) is 5.74. The lowest BCUT2D eigenvalue weighted by atomic mass is 9.89. The van der Waals surface area contributed by atoms with Gasteiger partial charge in [0.2, 0.25) is 0 Å². The van der Waals surface area contributed by atoms with Crippen molar-refractivity contribution >= 4 is 37.1 Å². The summed E-state index contributed by atoms with van der Waals surface area (Å²) in [7, 11) is -1.45. The number of hydrogen-bond acceptors (Lipinski definition) is 1. The Morgan fingerprint density at radius 1 is 1.24 bits per heavy atom. The molecular formula is C13H16Cl2OSi. The maximum atomic E-state index is 12.2. The summed E-state index contributed by atoms with van der Waals surface area (Å²) in [6.45, 7) is 6.86. The van der Waals surface area contributed by atoms with Crippen LogP contribution in [0.5, 0.6) is 0 Å². The molecule has 1 aromatic rings. The van der Waals surface area contributed by atoms with Gasteiger partial charge >= 0.3 is 0 Å². The Kier molecular flexibility index (Phi) is 3.17. The van der Waals surface area contributed by atoms with Crippen molar-refractivity contribution in [1.29, 1.82) is 0 Å². The van der Waals surface area contributed by atoms with Crippen LogP contribution in [-0.4, -0.2) is 18.2 Å². The summed E-state index contributed by atoms with van der Waals surface area (Å²) in [6, 6.07) is 7.73. The maximum Gasteiger partial charge on any atom is 0.199 e. The molecule has 0 saturated heterocycles. The van der Waals surface area contributed by atoms with Crippen molar-refractivity contribution in [1.82, 2.24) is 0 Å². The van der Waals surface area contributed by atoms with E-state index in [1.807, 2.05) is 24.3 Å². The summed E-state index contributed by atoms with van der Waals surface area (Å²) in [6.07, 6.45) is 0.543. The number of carbonyl (C=O) groups excluding carboxylic acids is 1. The van der Waals surface area contributed by atoms with E-state index in [-0.39, 0.29) is 5.78 Å². The van der Waals surface area contributed by atoms with Crippen LogP contribution in [0, 0.1) is 0 Å². The van der Waals surface area contributed by atoms with Crippen molar-refractivity contribution in [2.75, 3.05) is 0 Å². The van der Waals surface area contributed by atoms with Crippen molar-refractivity contribution in [3.63, 3.8) is 0 Å². The molecule has 2 rings (SSSR count). The van der Waals surface area contributed by atoms with Crippen molar-refractivity contribution < 1.29 is 4.79 Å². The molecule has 1 aliphatic carbocycles. The highest BCUT2D eigenvalue weighted by Crippen LogP contribution is 2.46. The number of ketones is 1. The zero-order valence-electron chi connectivity index (χ0n) is 10.3. The molecule has 17 heavy (non-hydrogen) atoms. The fourth-order valence-electron chi connectivity index (χ4n) is 2.44. The van der Waals surface area contributed by atoms with Crippen molar-refractivity contribution in [3.8, 4) is 0 Å². The highest BCUT2D eigenvalue weighted by atomic mass is 35.5. The number of carbonyl (C=O) groups is 1. The second kappa shape index (κ2) is 4.11. The fraction of sp³-hybridized carbons (Fsp3) is 0.462. The van der Waals surface area contributed by atoms with E-state index in [4.69, 9.17) is 23.2 Å². The first-order valence-corrected chi connectivity index (χ1v) is 10.1. The molecule has 1 atom stereocenters. The van der Waals surface area contributed by atoms with Gasteiger partial charge in [0.05, 0.1) is 8.07 Å². The zero-order valence-corrected chi connectivity index (χ0v) is 12.8. The van der Waals surface area contributed by atoms with Gasteiger partial charge in [-0.1, -0.05) is 67.1 Å². The van der Waals surface area contributed by atoms with Gasteiger partial charge in [-0.15, -0.1) is 0 Å². The third-order valence-electron chi connectivity index (χ3n) is 3.42. The standard InChI is InChI=1S/C13H16Cl2OSi/c1-17(2,3)11-8-13(14,15)12(16)10-7-5-4-6-9(10)11/h4-7,11H,8H2,1-3H3. The van der Waals surface area contributed by atoms with E-state index in [1.165, 1.54) is 0 Å². The van der Waals surface area contributed by atoms with E-state index in [9.17, 15) is 4.79 Å². The maximum absolute atomic E-state index is 12.2. The molecule has 0 spiro atoms. The minimum atomic E-state index is -1.45. The number of hydrogen-bond donors (Lipinski definition) is 0. The first-order chi connectivity index (χ1) is 7.73. The molecule has 4 heteroatoms. The zero-order chi connectivity index (χ0) is 12.8. The van der Waals surface area contributed by atoms with E-state index in [2.05, 4.69) is 19.6 Å². The van der Waals surface area contributed by atoms with Crippen LogP contribution < -0.4 is 0 Å². The predicted octanol–water partition coefficient (Wildman–Crippen LogP) is 4.41. The molecule has 0 fully saturated rings. The minimum Gasteiger partial charge on any atom is -0.291 e. The monoisotopic (exact) mass is 286 g/mol. The van der Waals surface area contributed by atoms with Gasteiger partial charge in [-0.05, 0) is 17.5 Å². The van der Waals surface area contributed by atoms with Crippen molar-refractivity contribution in [2.45, 2.75) is 35.9 Å². The van der Waals surface area contributed by atoms with Crippen LogP contribution >= 0.6 is 23.2 Å². The topological polar surface area (TPSA) is 17.1 Å². The van der Waals surface area contributed by atoms with Crippen LogP contribution in [-0.2, 0) is 0 Å². The van der Waals surface area contributed by atoms with Crippen molar-refractivity contribution in [3.05, 3.63) is 35.4 Å². The third kappa shape index (κ3) is 2.31. The Morgan fingerprint density at radius 3 is 2.41 bits per heavy atom. The van der Waals surface area contributed by atoms with Gasteiger partial charge in [0, 0.05) is 5.56 Å². The molecule has 0 radical (unpaired) electrons. The Bertz CT molecular complexity index is 463. The molecule has 1 nitrogen and oxygen atoms in total. The summed E-state index contributed by atoms with van der Waals surface area (Å²) in [5.41, 5.74) is 2.18. The Hall–Kier alpha value is -0.313. The molecule has 0 aromatic heterocycles. The minimum absolute atomic E-state index is 0.147. The van der Waals surface area contributed by atoms with E-state index in [0.29, 0.717) is 17.5 Å². The van der Waals surface area contributed by atoms with Gasteiger partial charge in [-0.3, -0.25) is 4.79 Å². The summed E-state index contributed by atoms with van der Waals surface area (Å²) < 4.78 is -1.25. The number of benzene rings is 1. The lowest BCUT2D eigenvalue weighted by molar-refractivity contribution is 0.0959. The molecule has 0 heterocycles. The number of fused-ring (bicyclic) bond motifs is 1. The van der Waals surface area contributed by atoms with Crippen LogP contribution in [0.3, 0.4) is 0 Å². The van der Waals surface area contributed by atoms with Crippen LogP contribution in [0.25, 0.3) is 0 Å². The van der Waals surface area contributed by atoms with E-state index >= 15 is 0 Å². The van der Waals surface area contributed by atoms with Gasteiger partial charge in [-0.2, -0.15) is 0 Å². The average Bonchev–Trinajstić information content (AvgIpc) is 2.22. The number of alkyl halides is 2. The molecular weight excluding hydrogens is 271 g/mol. The van der Waals surface area contributed by atoms with E-state index in [0.717, 1.165) is 5.56 Å². The van der Waals surface area contributed by atoms with Gasteiger partial charge in [0.15, 0.2) is 10.1 Å². The summed E-state index contributed by atoms with van der Waals surface area (Å²) in [5.74, 6) is -0.147. The first-order valence-electron chi connectivity index (χ1n) is 5.75. The molecule has 0 bridgehead atoms. The molecule has 0 N–H and O–H groups in total. The highest BCUT2D eigenvalue weighted by Gasteiger charge is 2.47. The van der Waals surface area contributed by atoms with Crippen LogP contribution in [0.2, 0.25) is 19.6 Å². The first kappa shape index (κ1) is 13.1. The Labute approximate surface area is 113 Å².